The molecule has 0 spiro atoms. The highest BCUT2D eigenvalue weighted by Crippen LogP contribution is 2.22. The summed E-state index contributed by atoms with van der Waals surface area (Å²) in [6.45, 7) is 6.77. The highest BCUT2D eigenvalue weighted by atomic mass is 32.1. The van der Waals surface area contributed by atoms with E-state index in [4.69, 9.17) is 9.15 Å². The van der Waals surface area contributed by atoms with Gasteiger partial charge >= 0.3 is 0 Å². The number of benzene rings is 1. The first-order valence-electron chi connectivity index (χ1n) is 10.4. The van der Waals surface area contributed by atoms with Crippen LogP contribution in [0.4, 0.5) is 0 Å². The van der Waals surface area contributed by atoms with Crippen molar-refractivity contribution >= 4 is 23.2 Å². The molecule has 0 aliphatic carbocycles. The number of furan rings is 1. The lowest BCUT2D eigenvalue weighted by Gasteiger charge is -2.34. The summed E-state index contributed by atoms with van der Waals surface area (Å²) in [6.07, 6.45) is 1.49. The normalized spacial score (nSPS) is 14.2. The molecule has 1 aliphatic heterocycles. The molecule has 3 aromatic rings. The summed E-state index contributed by atoms with van der Waals surface area (Å²) in [5.74, 6) is 1.52. The predicted octanol–water partition coefficient (Wildman–Crippen LogP) is 4.64. The molecule has 4 rings (SSSR count). The summed E-state index contributed by atoms with van der Waals surface area (Å²) >= 11 is 1.43. The van der Waals surface area contributed by atoms with E-state index in [-0.39, 0.29) is 11.8 Å². The van der Waals surface area contributed by atoms with E-state index < -0.39 is 0 Å². The fraction of sp³-hybridized carbons (Fsp3) is 0.333. The van der Waals surface area contributed by atoms with Crippen LogP contribution in [0.5, 0.6) is 5.75 Å². The summed E-state index contributed by atoms with van der Waals surface area (Å²) < 4.78 is 11.1. The van der Waals surface area contributed by atoms with E-state index in [0.717, 1.165) is 11.3 Å². The molecular weight excluding hydrogens is 412 g/mol. The average molecular weight is 439 g/mol. The predicted molar refractivity (Wildman–Crippen MR) is 120 cm³/mol. The van der Waals surface area contributed by atoms with Crippen LogP contribution in [0.25, 0.3) is 0 Å². The van der Waals surface area contributed by atoms with E-state index >= 15 is 0 Å². The van der Waals surface area contributed by atoms with Gasteiger partial charge in [0.2, 0.25) is 0 Å². The highest BCUT2D eigenvalue weighted by Gasteiger charge is 2.27. The van der Waals surface area contributed by atoms with Crippen molar-refractivity contribution in [1.29, 1.82) is 0 Å². The molecular formula is C24H26N2O4S. The number of thiophene rings is 1. The first-order chi connectivity index (χ1) is 15.0. The van der Waals surface area contributed by atoms with Crippen LogP contribution >= 0.6 is 11.3 Å². The van der Waals surface area contributed by atoms with Crippen molar-refractivity contribution in [3.8, 4) is 5.75 Å². The van der Waals surface area contributed by atoms with Crippen LogP contribution in [-0.2, 0) is 6.61 Å². The van der Waals surface area contributed by atoms with E-state index in [2.05, 4.69) is 26.0 Å². The third kappa shape index (κ3) is 4.99. The van der Waals surface area contributed by atoms with E-state index in [1.165, 1.54) is 23.2 Å². The molecule has 1 aromatic carbocycles. The summed E-state index contributed by atoms with van der Waals surface area (Å²) in [7, 11) is 0. The number of nitrogens with zero attached hydrogens (tertiary/aromatic N) is 2. The molecule has 1 aliphatic rings. The Labute approximate surface area is 186 Å². The number of amides is 2. The van der Waals surface area contributed by atoms with Crippen molar-refractivity contribution in [3.05, 3.63) is 75.9 Å². The second kappa shape index (κ2) is 9.39. The molecule has 0 N–H and O–H groups in total. The average Bonchev–Trinajstić information content (AvgIpc) is 3.49. The molecule has 6 nitrogen and oxygen atoms in total. The van der Waals surface area contributed by atoms with Gasteiger partial charge in [0.1, 0.15) is 12.4 Å². The molecule has 7 heteroatoms. The molecule has 1 fully saturated rings. The zero-order valence-electron chi connectivity index (χ0n) is 17.7. The second-order valence-corrected chi connectivity index (χ2v) is 8.80. The summed E-state index contributed by atoms with van der Waals surface area (Å²) in [5.41, 5.74) is 2.26. The van der Waals surface area contributed by atoms with Crippen molar-refractivity contribution in [2.45, 2.75) is 26.4 Å². The first-order valence-corrected chi connectivity index (χ1v) is 11.3. The SMILES string of the molecule is CC(C)c1ccc(OCc2csc(C(=O)N3CCN(C(=O)c4ccco4)CC3)c2)cc1. The van der Waals surface area contributed by atoms with Crippen molar-refractivity contribution in [2.75, 3.05) is 26.2 Å². The Morgan fingerprint density at radius 2 is 1.71 bits per heavy atom. The number of carbonyl (C=O) groups excluding carboxylic acids is 2. The lowest BCUT2D eigenvalue weighted by Crippen LogP contribution is -2.50. The molecule has 0 bridgehead atoms. The summed E-state index contributed by atoms with van der Waals surface area (Å²) in [4.78, 5) is 29.5. The zero-order chi connectivity index (χ0) is 21.8. The summed E-state index contributed by atoms with van der Waals surface area (Å²) in [6, 6.07) is 13.4. The van der Waals surface area contributed by atoms with Crippen molar-refractivity contribution in [3.63, 3.8) is 0 Å². The van der Waals surface area contributed by atoms with Crippen LogP contribution in [0, 0.1) is 0 Å². The number of rotatable bonds is 6. The number of hydrogen-bond donors (Lipinski definition) is 0. The molecule has 3 heterocycles. The summed E-state index contributed by atoms with van der Waals surface area (Å²) in [5, 5.41) is 1.96. The Morgan fingerprint density at radius 1 is 1.03 bits per heavy atom. The van der Waals surface area contributed by atoms with Crippen LogP contribution in [0.3, 0.4) is 0 Å². The highest BCUT2D eigenvalue weighted by molar-refractivity contribution is 7.12. The van der Waals surface area contributed by atoms with Gasteiger partial charge in [-0.25, -0.2) is 0 Å². The Morgan fingerprint density at radius 3 is 2.32 bits per heavy atom. The fourth-order valence-electron chi connectivity index (χ4n) is 3.50. The minimum Gasteiger partial charge on any atom is -0.489 e. The number of carbonyl (C=O) groups is 2. The van der Waals surface area contributed by atoms with Gasteiger partial charge in [0.25, 0.3) is 11.8 Å². The first kappa shape index (κ1) is 21.2. The van der Waals surface area contributed by atoms with Gasteiger partial charge in [0.05, 0.1) is 11.1 Å². The van der Waals surface area contributed by atoms with Gasteiger partial charge < -0.3 is 19.0 Å². The van der Waals surface area contributed by atoms with Crippen molar-refractivity contribution in [1.82, 2.24) is 9.80 Å². The number of hydrogen-bond acceptors (Lipinski definition) is 5. The van der Waals surface area contributed by atoms with Crippen molar-refractivity contribution < 1.29 is 18.7 Å². The number of piperazine rings is 1. The Balaban J connectivity index is 1.29. The van der Waals surface area contributed by atoms with Crippen LogP contribution < -0.4 is 4.74 Å². The molecule has 0 saturated carbocycles. The third-order valence-corrected chi connectivity index (χ3v) is 6.37. The van der Waals surface area contributed by atoms with Gasteiger partial charge in [0.15, 0.2) is 5.76 Å². The van der Waals surface area contributed by atoms with E-state index in [0.29, 0.717) is 49.3 Å². The van der Waals surface area contributed by atoms with Gasteiger partial charge in [-0.3, -0.25) is 9.59 Å². The monoisotopic (exact) mass is 438 g/mol. The molecule has 0 unspecified atom stereocenters. The molecule has 31 heavy (non-hydrogen) atoms. The van der Waals surface area contributed by atoms with E-state index in [1.807, 2.05) is 23.6 Å². The zero-order valence-corrected chi connectivity index (χ0v) is 18.6. The largest absolute Gasteiger partial charge is 0.489 e. The quantitative estimate of drug-likeness (QED) is 0.562. The van der Waals surface area contributed by atoms with E-state index in [1.54, 1.807) is 21.9 Å². The Hall–Kier alpha value is -3.06. The molecule has 1 saturated heterocycles. The van der Waals surface area contributed by atoms with Gasteiger partial charge in [-0.15, -0.1) is 11.3 Å². The molecule has 0 atom stereocenters. The molecule has 0 radical (unpaired) electrons. The molecule has 2 aromatic heterocycles. The maximum atomic E-state index is 12.9. The Kier molecular flexibility index (Phi) is 6.42. The third-order valence-electron chi connectivity index (χ3n) is 5.40. The minimum absolute atomic E-state index is 0.00244. The van der Waals surface area contributed by atoms with Crippen molar-refractivity contribution in [2.24, 2.45) is 0 Å². The van der Waals surface area contributed by atoms with E-state index in [9.17, 15) is 9.59 Å². The topological polar surface area (TPSA) is 63.0 Å². The van der Waals surface area contributed by atoms with Crippen LogP contribution in [-0.4, -0.2) is 47.8 Å². The number of ether oxygens (including phenoxy) is 1. The maximum Gasteiger partial charge on any atom is 0.289 e. The molecule has 162 valence electrons. The van der Waals surface area contributed by atoms with Gasteiger partial charge in [-0.1, -0.05) is 26.0 Å². The minimum atomic E-state index is -0.130. The lowest BCUT2D eigenvalue weighted by molar-refractivity contribution is 0.0520. The standard InChI is InChI=1S/C24H26N2O4S/c1-17(2)19-5-7-20(8-6-19)30-15-18-14-22(31-16-18)24(28)26-11-9-25(10-12-26)23(27)21-4-3-13-29-21/h3-8,13-14,16-17H,9-12,15H2,1-2H3. The second-order valence-electron chi connectivity index (χ2n) is 7.89. The Bertz CT molecular complexity index is 1020. The maximum absolute atomic E-state index is 12.9. The van der Waals surface area contributed by atoms with Gasteiger partial charge in [-0.2, -0.15) is 0 Å². The van der Waals surface area contributed by atoms with Crippen LogP contribution in [0.1, 0.15) is 51.1 Å². The van der Waals surface area contributed by atoms with Crippen LogP contribution in [0.2, 0.25) is 0 Å². The molecule has 2 amide bonds. The van der Waals surface area contributed by atoms with Gasteiger partial charge in [0, 0.05) is 31.7 Å². The smallest absolute Gasteiger partial charge is 0.289 e. The fourth-order valence-corrected chi connectivity index (χ4v) is 4.37. The van der Waals surface area contributed by atoms with Gasteiger partial charge in [-0.05, 0) is 47.2 Å². The lowest BCUT2D eigenvalue weighted by atomic mass is 10.0. The van der Waals surface area contributed by atoms with Crippen LogP contribution in [0.15, 0.2) is 58.5 Å².